The number of amides is 1. The molecule has 0 saturated carbocycles. The average Bonchev–Trinajstić information content (AvgIpc) is 2.44. The lowest BCUT2D eigenvalue weighted by Crippen LogP contribution is -2.51. The van der Waals surface area contributed by atoms with E-state index in [2.05, 4.69) is 5.32 Å². The summed E-state index contributed by atoms with van der Waals surface area (Å²) in [5.74, 6) is 0.103. The normalized spacial score (nSPS) is 19.4. The number of fused-ring (bicyclic) bond motifs is 1. The van der Waals surface area contributed by atoms with E-state index in [0.717, 1.165) is 12.7 Å². The van der Waals surface area contributed by atoms with Crippen LogP contribution in [0.2, 0.25) is 0 Å². The predicted octanol–water partition coefficient (Wildman–Crippen LogP) is 1.13. The summed E-state index contributed by atoms with van der Waals surface area (Å²) in [5.41, 5.74) is 0.465. The fourth-order valence-electron chi connectivity index (χ4n) is 2.09. The number of anilines is 1. The van der Waals surface area contributed by atoms with Gasteiger partial charge in [-0.1, -0.05) is 19.1 Å². The van der Waals surface area contributed by atoms with Crippen LogP contribution in [0.5, 0.6) is 5.75 Å². The van der Waals surface area contributed by atoms with Crippen molar-refractivity contribution < 1.29 is 17.9 Å². The maximum atomic E-state index is 12.2. The van der Waals surface area contributed by atoms with Crippen molar-refractivity contribution in [2.75, 3.05) is 17.1 Å². The van der Waals surface area contributed by atoms with Gasteiger partial charge in [0.1, 0.15) is 5.75 Å². The van der Waals surface area contributed by atoms with Gasteiger partial charge >= 0.3 is 0 Å². The molecule has 0 saturated heterocycles. The molecule has 0 aliphatic carbocycles. The van der Waals surface area contributed by atoms with Gasteiger partial charge in [-0.25, -0.2) is 8.42 Å². The minimum absolute atomic E-state index is 0.0158. The van der Waals surface area contributed by atoms with Gasteiger partial charge in [-0.3, -0.25) is 9.10 Å². The van der Waals surface area contributed by atoms with E-state index in [1.54, 1.807) is 24.3 Å². The number of hydrogen-bond donors (Lipinski definition) is 1. The molecule has 0 aromatic heterocycles. The summed E-state index contributed by atoms with van der Waals surface area (Å²) in [6.07, 6.45) is 1.08. The molecule has 7 heteroatoms. The molecule has 6 nitrogen and oxygen atoms in total. The van der Waals surface area contributed by atoms with Crippen molar-refractivity contribution in [2.45, 2.75) is 32.4 Å². The number of nitrogens with zero attached hydrogens (tertiary/aromatic N) is 1. The van der Waals surface area contributed by atoms with Gasteiger partial charge in [0.25, 0.3) is 5.91 Å². The fourth-order valence-corrected chi connectivity index (χ4v) is 3.00. The lowest BCUT2D eigenvalue weighted by molar-refractivity contribution is -0.128. The minimum atomic E-state index is -3.47. The van der Waals surface area contributed by atoms with E-state index in [1.807, 2.05) is 13.8 Å². The molecule has 1 aromatic rings. The van der Waals surface area contributed by atoms with Crippen molar-refractivity contribution in [3.8, 4) is 5.75 Å². The van der Waals surface area contributed by atoms with Crippen LogP contribution < -0.4 is 14.4 Å². The maximum Gasteiger partial charge on any atom is 0.263 e. The van der Waals surface area contributed by atoms with E-state index in [-0.39, 0.29) is 18.5 Å². The fraction of sp³-hybridized carbons (Fsp3) is 0.500. The van der Waals surface area contributed by atoms with Crippen molar-refractivity contribution in [3.63, 3.8) is 0 Å². The largest absolute Gasteiger partial charge is 0.476 e. The molecule has 0 spiro atoms. The molecule has 1 N–H and O–H groups in total. The standard InChI is InChI=1S/C14H20N2O4S/c1-4-10(2)15-14(17)13-9-16(21(3,18)19)11-7-5-6-8-12(11)20-13/h5-8,10,13H,4,9H2,1-3H3,(H,15,17)/t10-,13+/m0/s1. The van der Waals surface area contributed by atoms with Crippen LogP contribution in [0.15, 0.2) is 24.3 Å². The first kappa shape index (κ1) is 15.6. The van der Waals surface area contributed by atoms with Crippen LogP contribution in [0.4, 0.5) is 5.69 Å². The van der Waals surface area contributed by atoms with Crippen molar-refractivity contribution in [1.29, 1.82) is 0 Å². The third-order valence-electron chi connectivity index (χ3n) is 3.43. The molecular formula is C14H20N2O4S. The number of carbonyl (C=O) groups excluding carboxylic acids is 1. The lowest BCUT2D eigenvalue weighted by Gasteiger charge is -2.34. The first-order valence-electron chi connectivity index (χ1n) is 6.86. The molecule has 21 heavy (non-hydrogen) atoms. The summed E-state index contributed by atoms with van der Waals surface area (Å²) < 4.78 is 30.7. The molecule has 0 bridgehead atoms. The summed E-state index contributed by atoms with van der Waals surface area (Å²) in [4.78, 5) is 12.2. The Morgan fingerprint density at radius 2 is 2.14 bits per heavy atom. The number of para-hydroxylation sites is 2. The van der Waals surface area contributed by atoms with Crippen LogP contribution >= 0.6 is 0 Å². The van der Waals surface area contributed by atoms with E-state index in [9.17, 15) is 13.2 Å². The van der Waals surface area contributed by atoms with Gasteiger partial charge in [0.15, 0.2) is 6.10 Å². The van der Waals surface area contributed by atoms with Crippen molar-refractivity contribution in [1.82, 2.24) is 5.32 Å². The molecule has 0 unspecified atom stereocenters. The van der Waals surface area contributed by atoms with Crippen molar-refractivity contribution in [3.05, 3.63) is 24.3 Å². The van der Waals surface area contributed by atoms with Gasteiger partial charge in [-0.2, -0.15) is 0 Å². The summed E-state index contributed by atoms with van der Waals surface area (Å²) >= 11 is 0. The first-order chi connectivity index (χ1) is 9.82. The molecule has 0 radical (unpaired) electrons. The molecule has 0 fully saturated rings. The van der Waals surface area contributed by atoms with Gasteiger partial charge in [0, 0.05) is 6.04 Å². The van der Waals surface area contributed by atoms with Gasteiger partial charge in [-0.15, -0.1) is 0 Å². The number of ether oxygens (including phenoxy) is 1. The Hall–Kier alpha value is -1.76. The first-order valence-corrected chi connectivity index (χ1v) is 8.71. The summed E-state index contributed by atoms with van der Waals surface area (Å²) in [7, 11) is -3.47. The van der Waals surface area contributed by atoms with Crippen molar-refractivity contribution in [2.24, 2.45) is 0 Å². The number of carbonyl (C=O) groups is 1. The Kier molecular flexibility index (Phi) is 4.41. The van der Waals surface area contributed by atoms with Crippen LogP contribution in [0.3, 0.4) is 0 Å². The number of benzene rings is 1. The third-order valence-corrected chi connectivity index (χ3v) is 4.58. The molecule has 1 aliphatic rings. The second-order valence-electron chi connectivity index (χ2n) is 5.19. The second kappa shape index (κ2) is 5.93. The number of nitrogens with one attached hydrogen (secondary N) is 1. The Morgan fingerprint density at radius 1 is 1.48 bits per heavy atom. The molecule has 2 atom stereocenters. The van der Waals surface area contributed by atoms with E-state index in [0.29, 0.717) is 11.4 Å². The van der Waals surface area contributed by atoms with Gasteiger partial charge < -0.3 is 10.1 Å². The minimum Gasteiger partial charge on any atom is -0.476 e. The van der Waals surface area contributed by atoms with Gasteiger partial charge in [0.2, 0.25) is 10.0 Å². The Balaban J connectivity index is 2.28. The zero-order valence-corrected chi connectivity index (χ0v) is 13.2. The molecule has 1 aliphatic heterocycles. The van der Waals surface area contributed by atoms with Gasteiger partial charge in [-0.05, 0) is 25.5 Å². The Bertz CT molecular complexity index is 630. The van der Waals surface area contributed by atoms with E-state index in [1.165, 1.54) is 4.31 Å². The average molecular weight is 312 g/mol. The lowest BCUT2D eigenvalue weighted by atomic mass is 10.2. The van der Waals surface area contributed by atoms with Crippen molar-refractivity contribution >= 4 is 21.6 Å². The molecule has 116 valence electrons. The maximum absolute atomic E-state index is 12.2. The van der Waals surface area contributed by atoms with Crippen LogP contribution in [-0.2, 0) is 14.8 Å². The number of rotatable bonds is 4. The highest BCUT2D eigenvalue weighted by atomic mass is 32.2. The molecule has 1 heterocycles. The number of hydrogen-bond acceptors (Lipinski definition) is 4. The molecular weight excluding hydrogens is 292 g/mol. The zero-order valence-electron chi connectivity index (χ0n) is 12.4. The molecule has 2 rings (SSSR count). The Labute approximate surface area is 125 Å². The highest BCUT2D eigenvalue weighted by molar-refractivity contribution is 7.92. The highest BCUT2D eigenvalue weighted by Crippen LogP contribution is 2.34. The quantitative estimate of drug-likeness (QED) is 0.904. The van der Waals surface area contributed by atoms with Gasteiger partial charge in [0.05, 0.1) is 18.5 Å². The summed E-state index contributed by atoms with van der Waals surface area (Å²) in [6, 6.07) is 6.83. The third kappa shape index (κ3) is 3.47. The highest BCUT2D eigenvalue weighted by Gasteiger charge is 2.34. The topological polar surface area (TPSA) is 75.7 Å². The van der Waals surface area contributed by atoms with E-state index >= 15 is 0 Å². The summed E-state index contributed by atoms with van der Waals surface area (Å²) in [6.45, 7) is 3.84. The van der Waals surface area contributed by atoms with Crippen LogP contribution in [0.1, 0.15) is 20.3 Å². The predicted molar refractivity (Wildman–Crippen MR) is 80.9 cm³/mol. The zero-order chi connectivity index (χ0) is 15.6. The van der Waals surface area contributed by atoms with Crippen LogP contribution in [0, 0.1) is 0 Å². The monoisotopic (exact) mass is 312 g/mol. The van der Waals surface area contributed by atoms with Crippen LogP contribution in [0.25, 0.3) is 0 Å². The van der Waals surface area contributed by atoms with E-state index in [4.69, 9.17) is 4.74 Å². The Morgan fingerprint density at radius 3 is 2.76 bits per heavy atom. The number of sulfonamides is 1. The second-order valence-corrected chi connectivity index (χ2v) is 7.09. The molecule has 1 aromatic carbocycles. The summed E-state index contributed by atoms with van der Waals surface area (Å²) in [5, 5.41) is 2.82. The van der Waals surface area contributed by atoms with E-state index < -0.39 is 16.1 Å². The van der Waals surface area contributed by atoms with Crippen LogP contribution in [-0.4, -0.2) is 39.3 Å². The molecule has 1 amide bonds. The smallest absolute Gasteiger partial charge is 0.263 e. The SMILES string of the molecule is CC[C@H](C)NC(=O)[C@H]1CN(S(C)(=O)=O)c2ccccc2O1.